The standard InChI is InChI=1S/C17H18O2/c1-15-12(11-5-3-2-4-6-11)16(7-8-16)14(19-15)13(18)17(15)9-10-17/h2-6,12,14H,7-10H2,1H3/t12?,14-,15-/m0/s1. The molecular formula is C17H18O2. The van der Waals surface area contributed by atoms with Gasteiger partial charge in [0.2, 0.25) is 0 Å². The second-order valence-corrected chi connectivity index (χ2v) is 7.13. The first kappa shape index (κ1) is 10.6. The first-order valence-electron chi connectivity index (χ1n) is 7.41. The normalized spacial score (nSPS) is 43.1. The summed E-state index contributed by atoms with van der Waals surface area (Å²) < 4.78 is 6.35. The van der Waals surface area contributed by atoms with E-state index >= 15 is 0 Å². The topological polar surface area (TPSA) is 26.3 Å². The highest BCUT2D eigenvalue weighted by molar-refractivity contribution is 5.98. The molecule has 2 nitrogen and oxygen atoms in total. The van der Waals surface area contributed by atoms with Gasteiger partial charge in [-0.3, -0.25) is 4.79 Å². The zero-order chi connectivity index (χ0) is 12.9. The van der Waals surface area contributed by atoms with Crippen LogP contribution in [0.2, 0.25) is 0 Å². The van der Waals surface area contributed by atoms with Crippen molar-refractivity contribution in [2.24, 2.45) is 10.8 Å². The Morgan fingerprint density at radius 2 is 1.79 bits per heavy atom. The van der Waals surface area contributed by atoms with Crippen LogP contribution >= 0.6 is 0 Å². The summed E-state index contributed by atoms with van der Waals surface area (Å²) in [6.45, 7) is 2.21. The number of carbonyl (C=O) groups excluding carboxylic acids is 1. The molecule has 2 aliphatic carbocycles. The molecule has 4 aliphatic rings. The summed E-state index contributed by atoms with van der Waals surface area (Å²) in [7, 11) is 0. The fourth-order valence-electron chi connectivity index (χ4n) is 5.19. The van der Waals surface area contributed by atoms with E-state index in [2.05, 4.69) is 37.3 Å². The van der Waals surface area contributed by atoms with Crippen LogP contribution in [0.1, 0.15) is 44.1 Å². The molecule has 0 aromatic heterocycles. The van der Waals surface area contributed by atoms with Crippen LogP contribution in [-0.4, -0.2) is 17.5 Å². The number of carbonyl (C=O) groups is 1. The molecule has 2 saturated heterocycles. The highest BCUT2D eigenvalue weighted by Crippen LogP contribution is 2.80. The molecule has 5 rings (SSSR count). The smallest absolute Gasteiger partial charge is 0.171 e. The lowest BCUT2D eigenvalue weighted by Gasteiger charge is -2.40. The molecule has 2 bridgehead atoms. The molecule has 2 aliphatic heterocycles. The number of hydrogen-bond acceptors (Lipinski definition) is 2. The average molecular weight is 254 g/mol. The molecule has 2 spiro atoms. The predicted octanol–water partition coefficient (Wildman–Crippen LogP) is 3.07. The third kappa shape index (κ3) is 0.941. The number of benzene rings is 1. The minimum atomic E-state index is -0.243. The lowest BCUT2D eigenvalue weighted by molar-refractivity contribution is -0.128. The van der Waals surface area contributed by atoms with Gasteiger partial charge in [0.25, 0.3) is 0 Å². The quantitative estimate of drug-likeness (QED) is 0.770. The Bertz CT molecular complexity index is 583. The lowest BCUT2D eigenvalue weighted by atomic mass is 9.60. The highest BCUT2D eigenvalue weighted by Gasteiger charge is 2.84. The summed E-state index contributed by atoms with van der Waals surface area (Å²) in [6, 6.07) is 10.7. The van der Waals surface area contributed by atoms with Gasteiger partial charge in [-0.2, -0.15) is 0 Å². The first-order chi connectivity index (χ1) is 9.14. The molecule has 98 valence electrons. The number of Topliss-reactive ketones (excluding diaryl/α,β-unsaturated/α-hetero) is 1. The van der Waals surface area contributed by atoms with E-state index in [-0.39, 0.29) is 22.5 Å². The van der Waals surface area contributed by atoms with E-state index in [9.17, 15) is 4.79 Å². The summed E-state index contributed by atoms with van der Waals surface area (Å²) in [5.74, 6) is 0.853. The maximum atomic E-state index is 12.7. The van der Waals surface area contributed by atoms with E-state index in [1.165, 1.54) is 5.56 Å². The Morgan fingerprint density at radius 1 is 1.11 bits per heavy atom. The molecule has 1 unspecified atom stereocenters. The molecule has 1 aromatic carbocycles. The third-order valence-corrected chi connectivity index (χ3v) is 6.38. The van der Waals surface area contributed by atoms with Gasteiger partial charge in [-0.15, -0.1) is 0 Å². The van der Waals surface area contributed by atoms with Crippen LogP contribution in [0.15, 0.2) is 30.3 Å². The van der Waals surface area contributed by atoms with Crippen LogP contribution in [0.25, 0.3) is 0 Å². The summed E-state index contributed by atoms with van der Waals surface area (Å²) in [6.07, 6.45) is 4.30. The number of fused-ring (bicyclic) bond motifs is 4. The van der Waals surface area contributed by atoms with Crippen LogP contribution in [0.3, 0.4) is 0 Å². The third-order valence-electron chi connectivity index (χ3n) is 6.38. The van der Waals surface area contributed by atoms with Crippen molar-refractivity contribution in [3.63, 3.8) is 0 Å². The molecule has 0 N–H and O–H groups in total. The van der Waals surface area contributed by atoms with E-state index in [1.807, 2.05) is 0 Å². The van der Waals surface area contributed by atoms with Gasteiger partial charge in [-0.1, -0.05) is 30.3 Å². The Balaban J connectivity index is 1.72. The Labute approximate surface area is 113 Å². The minimum absolute atomic E-state index is 0.106. The lowest BCUT2D eigenvalue weighted by Crippen LogP contribution is -2.48. The Morgan fingerprint density at radius 3 is 2.37 bits per heavy atom. The summed E-state index contributed by atoms with van der Waals surface area (Å²) in [5.41, 5.74) is 1.14. The van der Waals surface area contributed by atoms with E-state index in [0.717, 1.165) is 25.7 Å². The largest absolute Gasteiger partial charge is 0.362 e. The van der Waals surface area contributed by atoms with Crippen molar-refractivity contribution in [2.45, 2.75) is 50.2 Å². The monoisotopic (exact) mass is 254 g/mol. The van der Waals surface area contributed by atoms with Gasteiger partial charge < -0.3 is 4.74 Å². The average Bonchev–Trinajstić information content (AvgIpc) is 3.29. The van der Waals surface area contributed by atoms with Crippen LogP contribution in [-0.2, 0) is 9.53 Å². The van der Waals surface area contributed by atoms with E-state index in [4.69, 9.17) is 4.74 Å². The molecule has 2 saturated carbocycles. The molecule has 4 fully saturated rings. The highest BCUT2D eigenvalue weighted by atomic mass is 16.5. The van der Waals surface area contributed by atoms with Crippen molar-refractivity contribution in [3.8, 4) is 0 Å². The number of ketones is 1. The molecular weight excluding hydrogens is 236 g/mol. The number of hydrogen-bond donors (Lipinski definition) is 0. The van der Waals surface area contributed by atoms with Crippen molar-refractivity contribution < 1.29 is 9.53 Å². The summed E-state index contributed by atoms with van der Waals surface area (Å²) in [4.78, 5) is 12.7. The molecule has 2 heteroatoms. The second kappa shape index (κ2) is 2.80. The maximum Gasteiger partial charge on any atom is 0.171 e. The number of ether oxygens (including phenoxy) is 1. The SMILES string of the molecule is C[C@@]12O[C@@H](C(=O)C13CC3)C1(CC1)C2c1ccccc1. The van der Waals surface area contributed by atoms with Gasteiger partial charge >= 0.3 is 0 Å². The molecule has 2 heterocycles. The van der Waals surface area contributed by atoms with Crippen molar-refractivity contribution in [3.05, 3.63) is 35.9 Å². The van der Waals surface area contributed by atoms with Gasteiger partial charge in [-0.25, -0.2) is 0 Å². The van der Waals surface area contributed by atoms with E-state index in [1.54, 1.807) is 0 Å². The summed E-state index contributed by atoms with van der Waals surface area (Å²) in [5, 5.41) is 0. The maximum absolute atomic E-state index is 12.7. The molecule has 0 amide bonds. The number of rotatable bonds is 1. The molecule has 1 aromatic rings. The Kier molecular flexibility index (Phi) is 1.57. The molecule has 3 atom stereocenters. The first-order valence-corrected chi connectivity index (χ1v) is 7.41. The van der Waals surface area contributed by atoms with Gasteiger partial charge in [0.05, 0.1) is 11.0 Å². The van der Waals surface area contributed by atoms with Crippen LogP contribution < -0.4 is 0 Å². The van der Waals surface area contributed by atoms with Crippen LogP contribution in [0.4, 0.5) is 0 Å². The van der Waals surface area contributed by atoms with Gasteiger partial charge in [0, 0.05) is 11.3 Å². The van der Waals surface area contributed by atoms with Crippen molar-refractivity contribution in [1.29, 1.82) is 0 Å². The van der Waals surface area contributed by atoms with E-state index < -0.39 is 0 Å². The predicted molar refractivity (Wildman–Crippen MR) is 70.8 cm³/mol. The minimum Gasteiger partial charge on any atom is -0.362 e. The second-order valence-electron chi connectivity index (χ2n) is 7.13. The molecule has 19 heavy (non-hydrogen) atoms. The van der Waals surface area contributed by atoms with Crippen LogP contribution in [0, 0.1) is 10.8 Å². The van der Waals surface area contributed by atoms with Gasteiger partial charge in [-0.05, 0) is 38.2 Å². The molecule has 0 radical (unpaired) electrons. The van der Waals surface area contributed by atoms with Crippen LogP contribution in [0.5, 0.6) is 0 Å². The van der Waals surface area contributed by atoms with Crippen molar-refractivity contribution >= 4 is 5.78 Å². The van der Waals surface area contributed by atoms with E-state index in [0.29, 0.717) is 11.7 Å². The van der Waals surface area contributed by atoms with Gasteiger partial charge in [0.1, 0.15) is 6.10 Å². The summed E-state index contributed by atoms with van der Waals surface area (Å²) >= 11 is 0. The zero-order valence-electron chi connectivity index (χ0n) is 11.2. The van der Waals surface area contributed by atoms with Crippen molar-refractivity contribution in [2.75, 3.05) is 0 Å². The zero-order valence-corrected chi connectivity index (χ0v) is 11.2. The van der Waals surface area contributed by atoms with Crippen molar-refractivity contribution in [1.82, 2.24) is 0 Å². The Hall–Kier alpha value is -1.15. The fraction of sp³-hybridized carbons (Fsp3) is 0.588. The van der Waals surface area contributed by atoms with Gasteiger partial charge in [0.15, 0.2) is 5.78 Å². The fourth-order valence-corrected chi connectivity index (χ4v) is 5.19.